The second-order valence-electron chi connectivity index (χ2n) is 6.71. The van der Waals surface area contributed by atoms with Crippen molar-refractivity contribution in [3.05, 3.63) is 77.5 Å². The Morgan fingerprint density at radius 1 is 0.889 bits per heavy atom. The van der Waals surface area contributed by atoms with E-state index >= 15 is 0 Å². The summed E-state index contributed by atoms with van der Waals surface area (Å²) in [6.07, 6.45) is 1.83. The quantitative estimate of drug-likeness (QED) is 0.454. The molecular weight excluding hydrogens is 336 g/mol. The van der Waals surface area contributed by atoms with E-state index in [-0.39, 0.29) is 5.75 Å². The second-order valence-corrected chi connectivity index (χ2v) is 6.71. The van der Waals surface area contributed by atoms with Crippen LogP contribution < -0.4 is 0 Å². The first-order valence-electron chi connectivity index (χ1n) is 8.79. The van der Waals surface area contributed by atoms with Crippen molar-refractivity contribution in [2.75, 3.05) is 0 Å². The average molecular weight is 356 g/mol. The van der Waals surface area contributed by atoms with Crippen LogP contribution in [0.4, 0.5) is 11.5 Å². The normalized spacial score (nSPS) is 11.5. The molecule has 5 nitrogen and oxygen atoms in total. The molecule has 4 aromatic rings. The van der Waals surface area contributed by atoms with E-state index in [4.69, 9.17) is 0 Å². The van der Waals surface area contributed by atoms with Crippen LogP contribution in [0.5, 0.6) is 5.75 Å². The van der Waals surface area contributed by atoms with Crippen molar-refractivity contribution in [1.82, 2.24) is 9.38 Å². The zero-order valence-electron chi connectivity index (χ0n) is 15.5. The Labute approximate surface area is 157 Å². The summed E-state index contributed by atoms with van der Waals surface area (Å²) in [5, 5.41) is 19.1. The standard InChI is InChI=1S/C22H20N4O/c1-14-6-10-18(11-7-14)24-25-22-20(17-9-8-15(2)16(3)13-17)23-21-19(27)5-4-12-26(21)22/h4-13,27H,1-3H3. The van der Waals surface area contributed by atoms with E-state index < -0.39 is 0 Å². The fraction of sp³-hybridized carbons (Fsp3) is 0.136. The molecule has 2 aromatic heterocycles. The van der Waals surface area contributed by atoms with Gasteiger partial charge in [-0.05, 0) is 62.2 Å². The molecule has 1 N–H and O–H groups in total. The number of pyridine rings is 1. The fourth-order valence-electron chi connectivity index (χ4n) is 2.94. The van der Waals surface area contributed by atoms with Gasteiger partial charge in [-0.25, -0.2) is 4.98 Å². The number of hydrogen-bond donors (Lipinski definition) is 1. The van der Waals surface area contributed by atoms with Crippen LogP contribution >= 0.6 is 0 Å². The van der Waals surface area contributed by atoms with E-state index in [0.29, 0.717) is 17.2 Å². The van der Waals surface area contributed by atoms with Crippen molar-refractivity contribution in [2.24, 2.45) is 10.2 Å². The molecule has 0 unspecified atom stereocenters. The number of fused-ring (bicyclic) bond motifs is 1. The molecule has 27 heavy (non-hydrogen) atoms. The predicted molar refractivity (Wildman–Crippen MR) is 107 cm³/mol. The maximum absolute atomic E-state index is 10.2. The van der Waals surface area contributed by atoms with E-state index in [0.717, 1.165) is 11.3 Å². The highest BCUT2D eigenvalue weighted by Crippen LogP contribution is 2.35. The number of azo groups is 1. The van der Waals surface area contributed by atoms with E-state index in [1.165, 1.54) is 16.7 Å². The molecule has 0 saturated carbocycles. The molecule has 0 amide bonds. The van der Waals surface area contributed by atoms with Crippen molar-refractivity contribution >= 4 is 17.2 Å². The van der Waals surface area contributed by atoms with E-state index in [1.807, 2.05) is 43.5 Å². The maximum Gasteiger partial charge on any atom is 0.187 e. The smallest absolute Gasteiger partial charge is 0.187 e. The van der Waals surface area contributed by atoms with Gasteiger partial charge < -0.3 is 5.11 Å². The monoisotopic (exact) mass is 356 g/mol. The molecule has 4 rings (SSSR count). The molecule has 0 fully saturated rings. The molecular formula is C22H20N4O. The first kappa shape index (κ1) is 17.0. The number of benzene rings is 2. The summed E-state index contributed by atoms with van der Waals surface area (Å²) in [7, 11) is 0. The summed E-state index contributed by atoms with van der Waals surface area (Å²) >= 11 is 0. The lowest BCUT2D eigenvalue weighted by Gasteiger charge is -2.04. The predicted octanol–water partition coefficient (Wildman–Crippen LogP) is 6.05. The number of aromatic nitrogens is 2. The van der Waals surface area contributed by atoms with Crippen LogP contribution in [0.25, 0.3) is 16.9 Å². The number of aromatic hydroxyl groups is 1. The van der Waals surface area contributed by atoms with Gasteiger partial charge in [0.1, 0.15) is 5.69 Å². The summed E-state index contributed by atoms with van der Waals surface area (Å²) < 4.78 is 1.76. The molecule has 2 aromatic carbocycles. The van der Waals surface area contributed by atoms with Crippen LogP contribution in [-0.2, 0) is 0 Å². The average Bonchev–Trinajstić information content (AvgIpc) is 3.04. The molecule has 2 heterocycles. The van der Waals surface area contributed by atoms with Gasteiger partial charge in [-0.2, -0.15) is 0 Å². The third-order valence-electron chi connectivity index (χ3n) is 4.68. The largest absolute Gasteiger partial charge is 0.504 e. The van der Waals surface area contributed by atoms with Crippen molar-refractivity contribution in [2.45, 2.75) is 20.8 Å². The molecule has 0 aliphatic carbocycles. The third kappa shape index (κ3) is 3.19. The zero-order chi connectivity index (χ0) is 19.0. The Kier molecular flexibility index (Phi) is 4.20. The van der Waals surface area contributed by atoms with E-state index in [1.54, 1.807) is 16.5 Å². The summed E-state index contributed by atoms with van der Waals surface area (Å²) in [5.74, 6) is 0.698. The molecule has 0 saturated heterocycles. The van der Waals surface area contributed by atoms with Crippen molar-refractivity contribution in [1.29, 1.82) is 0 Å². The first-order chi connectivity index (χ1) is 13.0. The minimum atomic E-state index is 0.111. The molecule has 0 spiro atoms. The summed E-state index contributed by atoms with van der Waals surface area (Å²) in [6, 6.07) is 17.4. The Morgan fingerprint density at radius 3 is 2.41 bits per heavy atom. The Hall–Kier alpha value is -3.47. The van der Waals surface area contributed by atoms with Gasteiger partial charge in [-0.15, -0.1) is 10.2 Å². The van der Waals surface area contributed by atoms with Crippen LogP contribution in [0, 0.1) is 20.8 Å². The van der Waals surface area contributed by atoms with Gasteiger partial charge in [0.2, 0.25) is 0 Å². The minimum Gasteiger partial charge on any atom is -0.504 e. The minimum absolute atomic E-state index is 0.111. The highest BCUT2D eigenvalue weighted by Gasteiger charge is 2.16. The Bertz CT molecular complexity index is 1160. The number of nitrogens with zero attached hydrogens (tertiary/aromatic N) is 4. The maximum atomic E-state index is 10.2. The lowest BCUT2D eigenvalue weighted by atomic mass is 10.0. The molecule has 134 valence electrons. The van der Waals surface area contributed by atoms with Crippen LogP contribution in [0.1, 0.15) is 16.7 Å². The molecule has 0 radical (unpaired) electrons. The summed E-state index contributed by atoms with van der Waals surface area (Å²) in [5.41, 5.74) is 6.42. The Balaban J connectivity index is 1.90. The second kappa shape index (κ2) is 6.68. The van der Waals surface area contributed by atoms with Gasteiger partial charge in [-0.3, -0.25) is 4.40 Å². The van der Waals surface area contributed by atoms with Gasteiger partial charge in [-0.1, -0.05) is 29.8 Å². The van der Waals surface area contributed by atoms with E-state index in [9.17, 15) is 5.11 Å². The topological polar surface area (TPSA) is 62.2 Å². The summed E-state index contributed by atoms with van der Waals surface area (Å²) in [6.45, 7) is 6.18. The van der Waals surface area contributed by atoms with Crippen molar-refractivity contribution < 1.29 is 5.11 Å². The highest BCUT2D eigenvalue weighted by atomic mass is 16.3. The van der Waals surface area contributed by atoms with Gasteiger partial charge in [0.05, 0.1) is 5.69 Å². The third-order valence-corrected chi connectivity index (χ3v) is 4.68. The van der Waals surface area contributed by atoms with Crippen LogP contribution in [0.3, 0.4) is 0 Å². The lowest BCUT2D eigenvalue weighted by molar-refractivity contribution is 0.477. The number of aryl methyl sites for hydroxylation is 3. The molecule has 5 heteroatoms. The Morgan fingerprint density at radius 2 is 1.67 bits per heavy atom. The van der Waals surface area contributed by atoms with Gasteiger partial charge in [0.15, 0.2) is 17.2 Å². The number of rotatable bonds is 3. The van der Waals surface area contributed by atoms with Crippen molar-refractivity contribution in [3.63, 3.8) is 0 Å². The SMILES string of the molecule is Cc1ccc(N=Nc2c(-c3ccc(C)c(C)c3)nc3c(O)cccn23)cc1. The molecule has 0 atom stereocenters. The molecule has 0 bridgehead atoms. The summed E-state index contributed by atoms with van der Waals surface area (Å²) in [4.78, 5) is 4.64. The van der Waals surface area contributed by atoms with Gasteiger partial charge >= 0.3 is 0 Å². The van der Waals surface area contributed by atoms with E-state index in [2.05, 4.69) is 41.2 Å². The fourth-order valence-corrected chi connectivity index (χ4v) is 2.94. The molecule has 0 aliphatic rings. The van der Waals surface area contributed by atoms with Crippen LogP contribution in [-0.4, -0.2) is 14.5 Å². The van der Waals surface area contributed by atoms with Crippen LogP contribution in [0.2, 0.25) is 0 Å². The van der Waals surface area contributed by atoms with Crippen LogP contribution in [0.15, 0.2) is 71.0 Å². The molecule has 0 aliphatic heterocycles. The number of imidazole rings is 1. The first-order valence-corrected chi connectivity index (χ1v) is 8.79. The van der Waals surface area contributed by atoms with Gasteiger partial charge in [0.25, 0.3) is 0 Å². The van der Waals surface area contributed by atoms with Crippen molar-refractivity contribution in [3.8, 4) is 17.0 Å². The lowest BCUT2D eigenvalue weighted by Crippen LogP contribution is -1.84. The van der Waals surface area contributed by atoms with Gasteiger partial charge in [0, 0.05) is 11.8 Å². The zero-order valence-corrected chi connectivity index (χ0v) is 15.5. The highest BCUT2D eigenvalue weighted by molar-refractivity contribution is 5.77. The number of hydrogen-bond acceptors (Lipinski definition) is 4.